The standard InChI is InChI=1S/C51H56N3O9/c1-29(2)28-63-47-25-33(24-45(60)50(47)61)31-8-11-38-37-12-10-36(55)22-32(37)9-13-40(38)54-48-26-34(17-20-53-48)51(18-16-41(56)39(51)27-35-5-4-19-52-35)49(44(59)23-31)43(58)15-7-30-6-14-42(57)46(21-30)62-3/h4-6,9-10,12-14,17,19-22,24-26,29,31,39,41,43,49,55-58,60-61H,7-8,11,15-16,18,23,27-28H2,1-3H3,(H,53,54)/q-1. The number of aryl methyl sites for hydroxylation is 2. The molecule has 330 valence electrons. The molecule has 3 heterocycles. The van der Waals surface area contributed by atoms with Crippen LogP contribution in [0.25, 0.3) is 10.8 Å². The zero-order valence-electron chi connectivity index (χ0n) is 35.9. The number of carbonyl (C=O) groups is 1. The Morgan fingerprint density at radius 1 is 0.937 bits per heavy atom. The second-order valence-electron chi connectivity index (χ2n) is 17.7. The number of fused-ring (bicyclic) bond motifs is 6. The first-order valence-electron chi connectivity index (χ1n) is 21.8. The lowest BCUT2D eigenvalue weighted by atomic mass is 9.58. The van der Waals surface area contributed by atoms with Crippen molar-refractivity contribution in [3.8, 4) is 34.5 Å². The Hall–Kier alpha value is -6.24. The van der Waals surface area contributed by atoms with Crippen molar-refractivity contribution in [1.29, 1.82) is 0 Å². The molecule has 1 aliphatic heterocycles. The lowest BCUT2D eigenvalue weighted by molar-refractivity contribution is -0.132. The van der Waals surface area contributed by atoms with Crippen molar-refractivity contribution in [2.45, 2.75) is 88.8 Å². The van der Waals surface area contributed by atoms with Crippen LogP contribution < -0.4 is 19.8 Å². The zero-order valence-corrected chi connectivity index (χ0v) is 35.9. The topological polar surface area (TPSA) is 196 Å². The molecule has 63 heavy (non-hydrogen) atoms. The van der Waals surface area contributed by atoms with Gasteiger partial charge in [0.15, 0.2) is 23.0 Å². The van der Waals surface area contributed by atoms with Gasteiger partial charge in [0.2, 0.25) is 5.75 Å². The van der Waals surface area contributed by atoms with Crippen LogP contribution in [0.1, 0.15) is 79.8 Å². The minimum atomic E-state index is -1.19. The molecule has 1 fully saturated rings. The summed E-state index contributed by atoms with van der Waals surface area (Å²) >= 11 is 0. The van der Waals surface area contributed by atoms with Gasteiger partial charge in [0.25, 0.3) is 0 Å². The first-order chi connectivity index (χ1) is 30.3. The van der Waals surface area contributed by atoms with E-state index in [2.05, 4.69) is 10.3 Å². The van der Waals surface area contributed by atoms with E-state index in [0.717, 1.165) is 38.8 Å². The second kappa shape index (κ2) is 18.2. The van der Waals surface area contributed by atoms with E-state index in [1.54, 1.807) is 48.8 Å². The van der Waals surface area contributed by atoms with Gasteiger partial charge in [-0.15, -0.1) is 0 Å². The fourth-order valence-electron chi connectivity index (χ4n) is 10.2. The Bertz CT molecular complexity index is 2580. The lowest BCUT2D eigenvalue weighted by Crippen LogP contribution is -2.51. The highest BCUT2D eigenvalue weighted by Crippen LogP contribution is 2.55. The van der Waals surface area contributed by atoms with Crippen molar-refractivity contribution in [3.63, 3.8) is 0 Å². The number of phenolic OH excluding ortho intramolecular Hbond substituents is 4. The number of benzene rings is 4. The number of hydrogen-bond donors (Lipinski definition) is 7. The average Bonchev–Trinajstić information content (AvgIpc) is 3.90. The van der Waals surface area contributed by atoms with Crippen molar-refractivity contribution in [2.24, 2.45) is 17.8 Å². The van der Waals surface area contributed by atoms with Gasteiger partial charge < -0.3 is 50.4 Å². The van der Waals surface area contributed by atoms with Gasteiger partial charge >= 0.3 is 0 Å². The number of phenols is 4. The molecule has 1 saturated carbocycles. The van der Waals surface area contributed by atoms with Crippen LogP contribution >= 0.6 is 0 Å². The molecule has 6 aromatic rings. The van der Waals surface area contributed by atoms with Crippen LogP contribution in [0.2, 0.25) is 0 Å². The maximum Gasteiger partial charge on any atom is 0.200 e. The number of rotatable bonds is 11. The number of carbonyl (C=O) groups excluding carboxylic acids is 1. The van der Waals surface area contributed by atoms with Crippen LogP contribution in [-0.4, -0.2) is 67.3 Å². The summed E-state index contributed by atoms with van der Waals surface area (Å²) in [4.78, 5) is 25.2. The molecular formula is C51H56N3O9-. The van der Waals surface area contributed by atoms with Crippen LogP contribution in [0.4, 0.5) is 11.5 Å². The fourth-order valence-corrected chi connectivity index (χ4v) is 10.2. The molecule has 7 N–H and O–H groups in total. The third-order valence-electron chi connectivity index (χ3n) is 13.3. The Balaban J connectivity index is 1.31. The van der Waals surface area contributed by atoms with Crippen molar-refractivity contribution >= 4 is 28.1 Å². The summed E-state index contributed by atoms with van der Waals surface area (Å²) in [6.45, 7) is 4.25. The van der Waals surface area contributed by atoms with Crippen LogP contribution in [0.3, 0.4) is 0 Å². The van der Waals surface area contributed by atoms with Gasteiger partial charge in [-0.3, -0.25) is 4.79 Å². The maximum atomic E-state index is 15.8. The Kier molecular flexibility index (Phi) is 12.6. The molecule has 0 saturated heterocycles. The number of aromatic nitrogens is 2. The number of anilines is 2. The number of Topliss-reactive ketones (excluding diaryl/α,β-unsaturated/α-hetero) is 1. The number of aliphatic hydroxyl groups is 2. The molecule has 4 aromatic carbocycles. The SMILES string of the molecule is COc1cc(CCC(O)C2C(=O)CC(c3cc(O)c(O)c(OCC(C)C)c3)CCc3c(ccc4cc(O)ccc34)Nc3cc(ccn3)C23CCC(O)C3Cc2ccc[n-]2)ccc1O. The van der Waals surface area contributed by atoms with Gasteiger partial charge in [-0.1, -0.05) is 44.2 Å². The van der Waals surface area contributed by atoms with Gasteiger partial charge in [0.1, 0.15) is 17.4 Å². The molecule has 12 nitrogen and oxygen atoms in total. The number of hydrogen-bond acceptors (Lipinski definition) is 11. The fraction of sp³-hybridized carbons (Fsp3) is 0.373. The Labute approximate surface area is 367 Å². The van der Waals surface area contributed by atoms with Crippen LogP contribution in [0.15, 0.2) is 97.3 Å². The van der Waals surface area contributed by atoms with E-state index >= 15 is 4.79 Å². The average molecular weight is 855 g/mol. The van der Waals surface area contributed by atoms with Crippen molar-refractivity contribution in [3.05, 3.63) is 125 Å². The summed E-state index contributed by atoms with van der Waals surface area (Å²) < 4.78 is 11.4. The molecule has 6 atom stereocenters. The molecule has 12 heteroatoms. The number of nitrogens with one attached hydrogen (secondary N) is 1. The molecule has 0 radical (unpaired) electrons. The molecular weight excluding hydrogens is 799 g/mol. The summed E-state index contributed by atoms with van der Waals surface area (Å²) in [6.07, 6.45) is 3.91. The predicted octanol–water partition coefficient (Wildman–Crippen LogP) is 8.35. The number of pyridine rings is 1. The highest BCUT2D eigenvalue weighted by molar-refractivity contribution is 5.92. The Morgan fingerprint density at radius 3 is 2.56 bits per heavy atom. The molecule has 2 aromatic heterocycles. The van der Waals surface area contributed by atoms with E-state index < -0.39 is 35.4 Å². The van der Waals surface area contributed by atoms with Gasteiger partial charge in [-0.05, 0) is 150 Å². The molecule has 2 aliphatic rings. The third-order valence-corrected chi connectivity index (χ3v) is 13.3. The van der Waals surface area contributed by atoms with Crippen LogP contribution in [-0.2, 0) is 29.5 Å². The monoisotopic (exact) mass is 854 g/mol. The summed E-state index contributed by atoms with van der Waals surface area (Å²) in [7, 11) is 1.48. The van der Waals surface area contributed by atoms with Gasteiger partial charge in [-0.25, -0.2) is 4.98 Å². The quantitative estimate of drug-likeness (QED) is 0.0617. The number of aliphatic hydroxyl groups excluding tert-OH is 2. The zero-order chi connectivity index (χ0) is 44.4. The van der Waals surface area contributed by atoms with Crippen molar-refractivity contribution in [1.82, 2.24) is 9.97 Å². The summed E-state index contributed by atoms with van der Waals surface area (Å²) in [5, 5.41) is 73.0. The van der Waals surface area contributed by atoms with E-state index in [1.165, 1.54) is 13.2 Å². The first-order valence-corrected chi connectivity index (χ1v) is 21.8. The van der Waals surface area contributed by atoms with E-state index in [9.17, 15) is 30.6 Å². The largest absolute Gasteiger partial charge is 0.668 e. The van der Waals surface area contributed by atoms with E-state index in [-0.39, 0.29) is 59.9 Å². The highest BCUT2D eigenvalue weighted by atomic mass is 16.5. The maximum absolute atomic E-state index is 15.8. The van der Waals surface area contributed by atoms with E-state index in [0.29, 0.717) is 55.7 Å². The molecule has 1 spiro atoms. The smallest absolute Gasteiger partial charge is 0.200 e. The van der Waals surface area contributed by atoms with Crippen LogP contribution in [0.5, 0.6) is 34.5 Å². The number of ketones is 1. The minimum absolute atomic E-state index is 0.00506. The minimum Gasteiger partial charge on any atom is -0.668 e. The van der Waals surface area contributed by atoms with Crippen LogP contribution in [0, 0.1) is 17.8 Å². The summed E-state index contributed by atoms with van der Waals surface area (Å²) in [5.74, 6) is -1.86. The Morgan fingerprint density at radius 2 is 1.78 bits per heavy atom. The molecule has 0 amide bonds. The van der Waals surface area contributed by atoms with Gasteiger partial charge in [0, 0.05) is 23.7 Å². The molecule has 1 aliphatic carbocycles. The third kappa shape index (κ3) is 8.87. The van der Waals surface area contributed by atoms with Crippen molar-refractivity contribution in [2.75, 3.05) is 19.0 Å². The lowest BCUT2D eigenvalue weighted by Gasteiger charge is -2.46. The summed E-state index contributed by atoms with van der Waals surface area (Å²) in [5.41, 5.74) is 3.55. The molecule has 8 rings (SSSR count). The van der Waals surface area contributed by atoms with Crippen molar-refractivity contribution < 1.29 is 44.9 Å². The number of methoxy groups -OCH3 is 1. The number of nitrogens with zero attached hydrogens (tertiary/aromatic N) is 2. The first kappa shape index (κ1) is 43.4. The molecule has 2 bridgehead atoms. The molecule has 6 unspecified atom stereocenters. The van der Waals surface area contributed by atoms with E-state index in [1.807, 2.05) is 56.3 Å². The summed E-state index contributed by atoms with van der Waals surface area (Å²) in [6, 6.07) is 25.0. The number of ether oxygens (including phenoxy) is 2. The van der Waals surface area contributed by atoms with Gasteiger partial charge in [-0.2, -0.15) is 11.9 Å². The predicted molar refractivity (Wildman–Crippen MR) is 240 cm³/mol. The van der Waals surface area contributed by atoms with Gasteiger partial charge in [0.05, 0.1) is 31.8 Å². The normalized spacial score (nSPS) is 21.9. The highest BCUT2D eigenvalue weighted by Gasteiger charge is 2.57. The number of aromatic hydroxyl groups is 4. The van der Waals surface area contributed by atoms with E-state index in [4.69, 9.17) is 14.5 Å². The second-order valence-corrected chi connectivity index (χ2v) is 17.7.